The van der Waals surface area contributed by atoms with E-state index in [0.29, 0.717) is 12.1 Å². The number of hydrogen-bond donors (Lipinski definition) is 1. The standard InChI is InChI=1S/C15H21FN2O/c1-11(12-6-4-5-7-13(12)16)18(3)14(19)15(2)8-9-17-10-15/h4-7,11,17H,8-10H2,1-3H3. The highest BCUT2D eigenvalue weighted by molar-refractivity contribution is 5.83. The van der Waals surface area contributed by atoms with Crippen LogP contribution in [0.1, 0.15) is 31.9 Å². The van der Waals surface area contributed by atoms with Gasteiger partial charge in [0.05, 0.1) is 11.5 Å². The van der Waals surface area contributed by atoms with E-state index in [4.69, 9.17) is 0 Å². The van der Waals surface area contributed by atoms with Crippen molar-refractivity contribution in [3.8, 4) is 0 Å². The molecule has 1 aromatic carbocycles. The van der Waals surface area contributed by atoms with E-state index in [1.165, 1.54) is 6.07 Å². The lowest BCUT2D eigenvalue weighted by Crippen LogP contribution is -2.42. The van der Waals surface area contributed by atoms with Crippen molar-refractivity contribution in [1.82, 2.24) is 10.2 Å². The first-order valence-electron chi connectivity index (χ1n) is 6.68. The second-order valence-corrected chi connectivity index (χ2v) is 5.60. The van der Waals surface area contributed by atoms with Gasteiger partial charge >= 0.3 is 0 Å². The zero-order valence-electron chi connectivity index (χ0n) is 11.7. The van der Waals surface area contributed by atoms with Gasteiger partial charge in [0.25, 0.3) is 0 Å². The molecule has 1 saturated heterocycles. The van der Waals surface area contributed by atoms with Gasteiger partial charge in [-0.3, -0.25) is 4.79 Å². The Morgan fingerprint density at radius 1 is 1.47 bits per heavy atom. The number of rotatable bonds is 3. The first-order chi connectivity index (χ1) is 8.96. The van der Waals surface area contributed by atoms with Crippen molar-refractivity contribution in [3.05, 3.63) is 35.6 Å². The molecule has 0 aliphatic carbocycles. The quantitative estimate of drug-likeness (QED) is 0.909. The van der Waals surface area contributed by atoms with Crippen LogP contribution < -0.4 is 5.32 Å². The van der Waals surface area contributed by atoms with Gasteiger partial charge in [-0.15, -0.1) is 0 Å². The Hall–Kier alpha value is -1.42. The number of halogens is 1. The first kappa shape index (κ1) is 14.0. The molecule has 2 atom stereocenters. The van der Waals surface area contributed by atoms with E-state index in [1.54, 1.807) is 30.1 Å². The third-order valence-electron chi connectivity index (χ3n) is 4.14. The smallest absolute Gasteiger partial charge is 0.230 e. The molecule has 104 valence electrons. The van der Waals surface area contributed by atoms with Crippen molar-refractivity contribution in [2.45, 2.75) is 26.3 Å². The van der Waals surface area contributed by atoms with Gasteiger partial charge in [-0.25, -0.2) is 4.39 Å². The van der Waals surface area contributed by atoms with E-state index in [9.17, 15) is 9.18 Å². The first-order valence-corrected chi connectivity index (χ1v) is 6.68. The number of carbonyl (C=O) groups is 1. The number of benzene rings is 1. The summed E-state index contributed by atoms with van der Waals surface area (Å²) >= 11 is 0. The average molecular weight is 264 g/mol. The van der Waals surface area contributed by atoms with Crippen LogP contribution in [0.5, 0.6) is 0 Å². The van der Waals surface area contributed by atoms with Crippen LogP contribution in [-0.4, -0.2) is 30.9 Å². The highest BCUT2D eigenvalue weighted by Crippen LogP contribution is 2.31. The van der Waals surface area contributed by atoms with Gasteiger partial charge in [0, 0.05) is 19.2 Å². The molecule has 1 aliphatic rings. The minimum Gasteiger partial charge on any atom is -0.338 e. The van der Waals surface area contributed by atoms with E-state index in [2.05, 4.69) is 5.32 Å². The monoisotopic (exact) mass is 264 g/mol. The molecule has 3 nitrogen and oxygen atoms in total. The van der Waals surface area contributed by atoms with Crippen molar-refractivity contribution in [2.24, 2.45) is 5.41 Å². The molecule has 1 heterocycles. The van der Waals surface area contributed by atoms with Crippen molar-refractivity contribution in [1.29, 1.82) is 0 Å². The topological polar surface area (TPSA) is 32.3 Å². The molecular weight excluding hydrogens is 243 g/mol. The number of nitrogens with zero attached hydrogens (tertiary/aromatic N) is 1. The fourth-order valence-corrected chi connectivity index (χ4v) is 2.62. The van der Waals surface area contributed by atoms with Crippen LogP contribution in [0.25, 0.3) is 0 Å². The van der Waals surface area contributed by atoms with Gasteiger partial charge in [0.15, 0.2) is 0 Å². The fraction of sp³-hybridized carbons (Fsp3) is 0.533. The third-order valence-corrected chi connectivity index (χ3v) is 4.14. The third kappa shape index (κ3) is 2.63. The Bertz CT molecular complexity index is 469. The van der Waals surface area contributed by atoms with Crippen molar-refractivity contribution < 1.29 is 9.18 Å². The molecule has 1 N–H and O–H groups in total. The summed E-state index contributed by atoms with van der Waals surface area (Å²) in [5.74, 6) is -0.183. The maximum atomic E-state index is 13.8. The molecule has 4 heteroatoms. The molecule has 19 heavy (non-hydrogen) atoms. The molecule has 2 rings (SSSR count). The van der Waals surface area contributed by atoms with Crippen molar-refractivity contribution in [3.63, 3.8) is 0 Å². The summed E-state index contributed by atoms with van der Waals surface area (Å²) in [5.41, 5.74) is 0.196. The van der Waals surface area contributed by atoms with E-state index in [-0.39, 0.29) is 23.2 Å². The number of amides is 1. The molecule has 1 fully saturated rings. The molecule has 1 aliphatic heterocycles. The SMILES string of the molecule is CC(c1ccccc1F)N(C)C(=O)C1(C)CCNC1. The minimum atomic E-state index is -0.367. The maximum absolute atomic E-state index is 13.8. The predicted octanol–water partition coefficient (Wildman–Crippen LogP) is 2.34. The lowest BCUT2D eigenvalue weighted by molar-refractivity contribution is -0.140. The van der Waals surface area contributed by atoms with Gasteiger partial charge in [0.1, 0.15) is 5.82 Å². The van der Waals surface area contributed by atoms with Gasteiger partial charge in [-0.2, -0.15) is 0 Å². The van der Waals surface area contributed by atoms with E-state index in [1.807, 2.05) is 13.8 Å². The Labute approximate surface area is 113 Å². The minimum absolute atomic E-state index is 0.0771. The summed E-state index contributed by atoms with van der Waals surface area (Å²) in [4.78, 5) is 14.2. The highest BCUT2D eigenvalue weighted by Gasteiger charge is 2.39. The van der Waals surface area contributed by atoms with Crippen molar-refractivity contribution in [2.75, 3.05) is 20.1 Å². The molecule has 0 spiro atoms. The van der Waals surface area contributed by atoms with Crippen LogP contribution in [0.4, 0.5) is 4.39 Å². The van der Waals surface area contributed by atoms with E-state index in [0.717, 1.165) is 13.0 Å². The Kier molecular flexibility index (Phi) is 3.90. The second kappa shape index (κ2) is 5.29. The van der Waals surface area contributed by atoms with Gasteiger partial charge < -0.3 is 10.2 Å². The summed E-state index contributed by atoms with van der Waals surface area (Å²) in [5, 5.41) is 3.22. The summed E-state index contributed by atoms with van der Waals surface area (Å²) < 4.78 is 13.8. The van der Waals surface area contributed by atoms with Crippen molar-refractivity contribution >= 4 is 5.91 Å². The predicted molar refractivity (Wildman–Crippen MR) is 73.2 cm³/mol. The average Bonchev–Trinajstić information content (AvgIpc) is 2.85. The van der Waals surface area contributed by atoms with Gasteiger partial charge in [0.2, 0.25) is 5.91 Å². The summed E-state index contributed by atoms with van der Waals surface area (Å²) in [6, 6.07) is 6.37. The molecule has 0 saturated carbocycles. The summed E-state index contributed by atoms with van der Waals surface area (Å²) in [7, 11) is 1.75. The van der Waals surface area contributed by atoms with E-state index < -0.39 is 0 Å². The zero-order chi connectivity index (χ0) is 14.0. The summed E-state index contributed by atoms with van der Waals surface area (Å²) in [6.45, 7) is 5.40. The maximum Gasteiger partial charge on any atom is 0.230 e. The van der Waals surface area contributed by atoms with Crippen LogP contribution in [0.2, 0.25) is 0 Å². The molecule has 0 aromatic heterocycles. The largest absolute Gasteiger partial charge is 0.338 e. The second-order valence-electron chi connectivity index (χ2n) is 5.60. The van der Waals surface area contributed by atoms with Crippen LogP contribution in [0.3, 0.4) is 0 Å². The molecule has 1 amide bonds. The Morgan fingerprint density at radius 2 is 2.16 bits per heavy atom. The molecule has 2 unspecified atom stereocenters. The fourth-order valence-electron chi connectivity index (χ4n) is 2.62. The Balaban J connectivity index is 2.17. The highest BCUT2D eigenvalue weighted by atomic mass is 19.1. The number of nitrogens with one attached hydrogen (secondary N) is 1. The van der Waals surface area contributed by atoms with E-state index >= 15 is 0 Å². The Morgan fingerprint density at radius 3 is 2.74 bits per heavy atom. The zero-order valence-corrected chi connectivity index (χ0v) is 11.7. The van der Waals surface area contributed by atoms with Gasteiger partial charge in [-0.1, -0.05) is 18.2 Å². The van der Waals surface area contributed by atoms with Crippen LogP contribution in [0.15, 0.2) is 24.3 Å². The molecule has 0 radical (unpaired) electrons. The van der Waals surface area contributed by atoms with Crippen LogP contribution >= 0.6 is 0 Å². The number of hydrogen-bond acceptors (Lipinski definition) is 2. The molecular formula is C15H21FN2O. The normalized spacial score (nSPS) is 24.2. The summed E-state index contributed by atoms with van der Waals surface area (Å²) in [6.07, 6.45) is 0.833. The van der Waals surface area contributed by atoms with Gasteiger partial charge in [-0.05, 0) is 32.9 Å². The molecule has 0 bridgehead atoms. The lowest BCUT2D eigenvalue weighted by Gasteiger charge is -2.33. The number of carbonyl (C=O) groups excluding carboxylic acids is 1. The van der Waals surface area contributed by atoms with Crippen LogP contribution in [-0.2, 0) is 4.79 Å². The van der Waals surface area contributed by atoms with Crippen LogP contribution in [0, 0.1) is 11.2 Å². The molecule has 1 aromatic rings. The lowest BCUT2D eigenvalue weighted by atomic mass is 9.87.